The van der Waals surface area contributed by atoms with Crippen molar-refractivity contribution in [1.82, 2.24) is 24.0 Å². The molecule has 0 aliphatic heterocycles. The fraction of sp³-hybridized carbons (Fsp3) is 0.111. The molecule has 0 bridgehead atoms. The van der Waals surface area contributed by atoms with Crippen LogP contribution in [0.2, 0.25) is 0 Å². The molecule has 1 amide bonds. The maximum atomic E-state index is 12.4. The van der Waals surface area contributed by atoms with Crippen molar-refractivity contribution >= 4 is 23.1 Å². The van der Waals surface area contributed by atoms with Gasteiger partial charge in [0, 0.05) is 11.9 Å². The van der Waals surface area contributed by atoms with Crippen molar-refractivity contribution in [1.29, 1.82) is 0 Å². The van der Waals surface area contributed by atoms with Gasteiger partial charge in [-0.1, -0.05) is 18.2 Å². The number of hydrogen-bond acceptors (Lipinski definition) is 6. The number of nitrogens with one attached hydrogen (secondary N) is 1. The van der Waals surface area contributed by atoms with E-state index in [0.717, 1.165) is 5.56 Å². The number of rotatable bonds is 6. The fourth-order valence-electron chi connectivity index (χ4n) is 2.88. The molecule has 11 heteroatoms. The van der Waals surface area contributed by atoms with Crippen LogP contribution in [0.5, 0.6) is 0 Å². The van der Waals surface area contributed by atoms with Gasteiger partial charge >= 0.3 is 11.5 Å². The summed E-state index contributed by atoms with van der Waals surface area (Å²) in [5.41, 5.74) is 1.61. The summed E-state index contributed by atoms with van der Waals surface area (Å²) in [6, 6.07) is 13.5. The van der Waals surface area contributed by atoms with Gasteiger partial charge in [0.1, 0.15) is 6.54 Å². The number of carbonyl (C=O) groups is 1. The van der Waals surface area contributed by atoms with Crippen LogP contribution in [0.4, 0.5) is 11.5 Å². The van der Waals surface area contributed by atoms with Crippen LogP contribution in [0, 0.1) is 10.1 Å². The third kappa shape index (κ3) is 3.88. The minimum Gasteiger partial charge on any atom is -0.358 e. The van der Waals surface area contributed by atoms with Crippen LogP contribution < -0.4 is 11.0 Å². The van der Waals surface area contributed by atoms with Crippen molar-refractivity contribution in [2.24, 2.45) is 0 Å². The number of pyridine rings is 1. The molecule has 0 aliphatic rings. The summed E-state index contributed by atoms with van der Waals surface area (Å²) < 4.78 is 3.99. The molecule has 0 saturated heterocycles. The van der Waals surface area contributed by atoms with E-state index in [1.54, 1.807) is 42.6 Å². The average molecular weight is 393 g/mol. The molecule has 0 saturated carbocycles. The lowest BCUT2D eigenvalue weighted by atomic mass is 10.2. The van der Waals surface area contributed by atoms with E-state index in [1.165, 1.54) is 26.0 Å². The standard InChI is InChI=1S/C18H15N7O4/c26-17(12-22-9-7-16(20-22)25(28)29)19-14-5-3-4-13(10-14)11-24-18(27)23-8-2-1-6-15(23)21-24/h1-10H,11-12H2,(H,19,26). The zero-order chi connectivity index (χ0) is 20.4. The summed E-state index contributed by atoms with van der Waals surface area (Å²) in [4.78, 5) is 34.6. The van der Waals surface area contributed by atoms with Crippen molar-refractivity contribution < 1.29 is 9.72 Å². The number of carbonyl (C=O) groups excluding carboxylic acids is 1. The normalized spacial score (nSPS) is 10.9. The Morgan fingerprint density at radius 3 is 2.72 bits per heavy atom. The molecule has 3 aromatic heterocycles. The number of aromatic nitrogens is 5. The van der Waals surface area contributed by atoms with E-state index in [9.17, 15) is 19.7 Å². The molecule has 11 nitrogen and oxygen atoms in total. The van der Waals surface area contributed by atoms with E-state index in [-0.39, 0.29) is 30.5 Å². The molecular formula is C18H15N7O4. The second-order valence-electron chi connectivity index (χ2n) is 6.25. The van der Waals surface area contributed by atoms with Gasteiger partial charge in [-0.3, -0.25) is 9.20 Å². The lowest BCUT2D eigenvalue weighted by Gasteiger charge is -2.07. The first-order valence-corrected chi connectivity index (χ1v) is 8.60. The predicted octanol–water partition coefficient (Wildman–Crippen LogP) is 1.29. The van der Waals surface area contributed by atoms with Gasteiger partial charge in [-0.15, -0.1) is 5.10 Å². The summed E-state index contributed by atoms with van der Waals surface area (Å²) in [6.45, 7) is 0.0829. The Hall–Kier alpha value is -4.28. The van der Waals surface area contributed by atoms with Crippen LogP contribution in [-0.4, -0.2) is 34.8 Å². The first-order chi connectivity index (χ1) is 14.0. The first-order valence-electron chi connectivity index (χ1n) is 8.60. The van der Waals surface area contributed by atoms with E-state index in [0.29, 0.717) is 11.3 Å². The number of anilines is 1. The molecule has 0 radical (unpaired) electrons. The van der Waals surface area contributed by atoms with Gasteiger partial charge in [-0.25, -0.2) is 9.48 Å². The molecule has 0 fully saturated rings. The van der Waals surface area contributed by atoms with Gasteiger partial charge in [0.2, 0.25) is 5.91 Å². The minimum atomic E-state index is -0.626. The molecular weight excluding hydrogens is 378 g/mol. The quantitative estimate of drug-likeness (QED) is 0.388. The third-order valence-electron chi connectivity index (χ3n) is 4.15. The van der Waals surface area contributed by atoms with E-state index < -0.39 is 4.92 Å². The van der Waals surface area contributed by atoms with Crippen LogP contribution >= 0.6 is 0 Å². The smallest absolute Gasteiger partial charge is 0.358 e. The maximum absolute atomic E-state index is 12.4. The average Bonchev–Trinajstić information content (AvgIpc) is 3.27. The highest BCUT2D eigenvalue weighted by Gasteiger charge is 2.14. The SMILES string of the molecule is O=C(Cn1ccc([N+](=O)[O-])n1)Nc1cccc(Cn2nc3ccccn3c2=O)c1. The minimum absolute atomic E-state index is 0.163. The first kappa shape index (κ1) is 18.1. The van der Waals surface area contributed by atoms with Gasteiger partial charge in [-0.05, 0) is 34.8 Å². The fourth-order valence-corrected chi connectivity index (χ4v) is 2.88. The number of hydrogen-bond donors (Lipinski definition) is 1. The van der Waals surface area contributed by atoms with Crippen LogP contribution in [0.1, 0.15) is 5.56 Å². The largest absolute Gasteiger partial charge is 0.389 e. The number of nitrogens with zero attached hydrogens (tertiary/aromatic N) is 6. The van der Waals surface area contributed by atoms with E-state index in [2.05, 4.69) is 15.5 Å². The Balaban J connectivity index is 1.46. The van der Waals surface area contributed by atoms with Crippen molar-refractivity contribution in [2.75, 3.05) is 5.32 Å². The Kier molecular flexibility index (Phi) is 4.61. The van der Waals surface area contributed by atoms with E-state index in [4.69, 9.17) is 0 Å². The highest BCUT2D eigenvalue weighted by molar-refractivity contribution is 5.90. The van der Waals surface area contributed by atoms with Crippen LogP contribution in [0.15, 0.2) is 65.7 Å². The molecule has 1 aromatic carbocycles. The van der Waals surface area contributed by atoms with Gasteiger partial charge in [0.25, 0.3) is 0 Å². The number of amides is 1. The Morgan fingerprint density at radius 2 is 1.97 bits per heavy atom. The number of benzene rings is 1. The second kappa shape index (κ2) is 7.38. The topological polar surface area (TPSA) is 129 Å². The van der Waals surface area contributed by atoms with Gasteiger partial charge in [-0.2, -0.15) is 4.68 Å². The molecule has 0 spiro atoms. The Bertz CT molecular complexity index is 1270. The lowest BCUT2D eigenvalue weighted by Crippen LogP contribution is -2.22. The third-order valence-corrected chi connectivity index (χ3v) is 4.15. The molecule has 4 aromatic rings. The van der Waals surface area contributed by atoms with E-state index in [1.807, 2.05) is 6.07 Å². The Morgan fingerprint density at radius 1 is 1.10 bits per heavy atom. The molecule has 0 unspecified atom stereocenters. The number of nitro groups is 1. The maximum Gasteiger partial charge on any atom is 0.389 e. The monoisotopic (exact) mass is 393 g/mol. The summed E-state index contributed by atoms with van der Waals surface area (Å²) in [7, 11) is 0. The van der Waals surface area contributed by atoms with Crippen molar-refractivity contribution in [3.63, 3.8) is 0 Å². The van der Waals surface area contributed by atoms with Gasteiger partial charge in [0.05, 0.1) is 23.9 Å². The van der Waals surface area contributed by atoms with Crippen LogP contribution in [-0.2, 0) is 17.9 Å². The zero-order valence-corrected chi connectivity index (χ0v) is 15.0. The highest BCUT2D eigenvalue weighted by atomic mass is 16.6. The zero-order valence-electron chi connectivity index (χ0n) is 15.0. The van der Waals surface area contributed by atoms with Gasteiger partial charge < -0.3 is 15.4 Å². The summed E-state index contributed by atoms with van der Waals surface area (Å²) >= 11 is 0. The summed E-state index contributed by atoms with van der Waals surface area (Å²) in [6.07, 6.45) is 3.02. The molecule has 29 heavy (non-hydrogen) atoms. The Labute approximate surface area is 163 Å². The molecule has 4 rings (SSSR count). The lowest BCUT2D eigenvalue weighted by molar-refractivity contribution is -0.389. The molecule has 0 atom stereocenters. The van der Waals surface area contributed by atoms with Crippen molar-refractivity contribution in [3.05, 3.63) is 87.1 Å². The molecule has 3 heterocycles. The van der Waals surface area contributed by atoms with Crippen LogP contribution in [0.25, 0.3) is 5.65 Å². The van der Waals surface area contributed by atoms with Crippen molar-refractivity contribution in [2.45, 2.75) is 13.1 Å². The number of fused-ring (bicyclic) bond motifs is 1. The summed E-state index contributed by atoms with van der Waals surface area (Å²) in [5.74, 6) is -0.706. The van der Waals surface area contributed by atoms with Gasteiger partial charge in [0.15, 0.2) is 5.65 Å². The molecule has 146 valence electrons. The van der Waals surface area contributed by atoms with Crippen molar-refractivity contribution in [3.8, 4) is 0 Å². The van der Waals surface area contributed by atoms with E-state index >= 15 is 0 Å². The molecule has 1 N–H and O–H groups in total. The summed E-state index contributed by atoms with van der Waals surface area (Å²) in [5, 5.41) is 21.4. The predicted molar refractivity (Wildman–Crippen MR) is 103 cm³/mol. The molecule has 0 aliphatic carbocycles. The van der Waals surface area contributed by atoms with Crippen LogP contribution in [0.3, 0.4) is 0 Å². The highest BCUT2D eigenvalue weighted by Crippen LogP contribution is 2.12. The second-order valence-corrected chi connectivity index (χ2v) is 6.25.